The van der Waals surface area contributed by atoms with Crippen molar-refractivity contribution >= 4 is 12.6 Å². The molecule has 3 heteroatoms. The largest absolute Gasteiger partial charge is 0.311 e. The highest BCUT2D eigenvalue weighted by atomic mass is 32.1. The maximum absolute atomic E-state index is 5.69. The van der Waals surface area contributed by atoms with E-state index in [1.165, 1.54) is 25.9 Å². The smallest absolute Gasteiger partial charge is 0.130 e. The Hall–Kier alpha value is 0.270. The maximum Gasteiger partial charge on any atom is 0.130 e. The Morgan fingerprint density at radius 3 is 2.30 bits per heavy atom. The zero-order valence-corrected chi connectivity index (χ0v) is 7.32. The first-order chi connectivity index (χ1) is 4.83. The number of nitrogens with two attached hydrogens (primary N) is 1. The number of nitrogens with zero attached hydrogens (tertiary/aromatic N) is 1. The van der Waals surface area contributed by atoms with E-state index in [1.54, 1.807) is 0 Å². The summed E-state index contributed by atoms with van der Waals surface area (Å²) in [7, 11) is 0. The third-order valence-electron chi connectivity index (χ3n) is 2.48. The molecule has 1 rings (SSSR count). The molecule has 2 N–H and O–H groups in total. The lowest BCUT2D eigenvalue weighted by Gasteiger charge is -2.31. The van der Waals surface area contributed by atoms with Crippen molar-refractivity contribution in [2.45, 2.75) is 12.8 Å². The monoisotopic (exact) mass is 161 g/mol. The van der Waals surface area contributed by atoms with Crippen LogP contribution in [0.15, 0.2) is 0 Å². The van der Waals surface area contributed by atoms with Crippen LogP contribution in [0.1, 0.15) is 12.8 Å². The minimum absolute atomic E-state index is 0.806. The number of thiol groups is 1. The van der Waals surface area contributed by atoms with Crippen molar-refractivity contribution in [3.63, 3.8) is 0 Å². The van der Waals surface area contributed by atoms with Crippen LogP contribution in [0.2, 0.25) is 0 Å². The van der Waals surface area contributed by atoms with E-state index in [9.17, 15) is 0 Å². The first-order valence-electron chi connectivity index (χ1n) is 3.99. The minimum atomic E-state index is 0.806. The fraction of sp³-hybridized carbons (Fsp3) is 1.00. The van der Waals surface area contributed by atoms with Crippen molar-refractivity contribution in [1.82, 2.24) is 0 Å². The average molecular weight is 161 g/mol. The van der Waals surface area contributed by atoms with Crippen molar-refractivity contribution in [2.24, 2.45) is 5.73 Å². The van der Waals surface area contributed by atoms with Gasteiger partial charge in [-0.3, -0.25) is 5.73 Å². The highest BCUT2D eigenvalue weighted by Gasteiger charge is 2.28. The third-order valence-corrected chi connectivity index (χ3v) is 2.68. The molecule has 1 aliphatic rings. The summed E-state index contributed by atoms with van der Waals surface area (Å²) in [6, 6.07) is 0. The zero-order chi connectivity index (χ0) is 7.45. The maximum atomic E-state index is 5.69. The second kappa shape index (κ2) is 3.60. The summed E-state index contributed by atoms with van der Waals surface area (Å²) in [6.07, 6.45) is 2.70. The molecule has 1 heterocycles. The number of hydrogen-bond donors (Lipinski definition) is 2. The number of quaternary nitrogens is 1. The summed E-state index contributed by atoms with van der Waals surface area (Å²) in [5.74, 6) is 0.969. The van der Waals surface area contributed by atoms with Crippen LogP contribution in [0, 0.1) is 0 Å². The second-order valence-electron chi connectivity index (χ2n) is 3.13. The van der Waals surface area contributed by atoms with Crippen LogP contribution in [0.5, 0.6) is 0 Å². The average Bonchev–Trinajstić information content (AvgIpc) is 2.39. The Morgan fingerprint density at radius 1 is 1.30 bits per heavy atom. The quantitative estimate of drug-likeness (QED) is 0.456. The Labute approximate surface area is 68.4 Å². The van der Waals surface area contributed by atoms with Gasteiger partial charge in [-0.2, -0.15) is 12.6 Å². The molecule has 0 amide bonds. The van der Waals surface area contributed by atoms with Crippen molar-refractivity contribution < 1.29 is 4.48 Å². The zero-order valence-electron chi connectivity index (χ0n) is 6.42. The number of hydrogen-bond acceptors (Lipinski definition) is 2. The third kappa shape index (κ3) is 1.65. The van der Waals surface area contributed by atoms with E-state index in [0.717, 1.165) is 23.4 Å². The molecule has 0 aromatic heterocycles. The van der Waals surface area contributed by atoms with E-state index >= 15 is 0 Å². The summed E-state index contributed by atoms with van der Waals surface area (Å²) in [6.45, 7) is 4.51. The summed E-state index contributed by atoms with van der Waals surface area (Å²) in [5.41, 5.74) is 5.69. The SMILES string of the molecule is NC[N+]1(CCS)CCCC1. The van der Waals surface area contributed by atoms with Crippen molar-refractivity contribution in [3.05, 3.63) is 0 Å². The molecule has 0 aliphatic carbocycles. The lowest BCUT2D eigenvalue weighted by atomic mass is 10.4. The van der Waals surface area contributed by atoms with Gasteiger partial charge in [-0.15, -0.1) is 0 Å². The minimum Gasteiger partial charge on any atom is -0.311 e. The Kier molecular flexibility index (Phi) is 3.01. The molecule has 2 nitrogen and oxygen atoms in total. The highest BCUT2D eigenvalue weighted by molar-refractivity contribution is 7.80. The fourth-order valence-electron chi connectivity index (χ4n) is 1.72. The summed E-state index contributed by atoms with van der Waals surface area (Å²) in [5, 5.41) is 0. The van der Waals surface area contributed by atoms with Crippen molar-refractivity contribution in [1.29, 1.82) is 0 Å². The van der Waals surface area contributed by atoms with Crippen LogP contribution >= 0.6 is 12.6 Å². The molecule has 10 heavy (non-hydrogen) atoms. The van der Waals surface area contributed by atoms with E-state index in [0.29, 0.717) is 0 Å². The molecule has 0 bridgehead atoms. The summed E-state index contributed by atoms with van der Waals surface area (Å²) in [4.78, 5) is 0. The molecule has 0 aromatic carbocycles. The lowest BCUT2D eigenvalue weighted by molar-refractivity contribution is -0.914. The van der Waals surface area contributed by atoms with Gasteiger partial charge in [-0.1, -0.05) is 0 Å². The first-order valence-corrected chi connectivity index (χ1v) is 4.62. The molecule has 1 fully saturated rings. The van der Waals surface area contributed by atoms with E-state index in [2.05, 4.69) is 12.6 Å². The van der Waals surface area contributed by atoms with Crippen molar-refractivity contribution in [3.8, 4) is 0 Å². The van der Waals surface area contributed by atoms with E-state index in [4.69, 9.17) is 5.73 Å². The van der Waals surface area contributed by atoms with Crippen LogP contribution in [0.3, 0.4) is 0 Å². The van der Waals surface area contributed by atoms with Crippen molar-refractivity contribution in [2.75, 3.05) is 32.1 Å². The molecular weight excluding hydrogens is 144 g/mol. The molecule has 60 valence electrons. The van der Waals surface area contributed by atoms with Crippen LogP contribution < -0.4 is 5.73 Å². The fourth-order valence-corrected chi connectivity index (χ4v) is 2.14. The molecular formula is C7H17N2S+. The van der Waals surface area contributed by atoms with Gasteiger partial charge in [0.15, 0.2) is 0 Å². The van der Waals surface area contributed by atoms with Gasteiger partial charge in [-0.25, -0.2) is 0 Å². The van der Waals surface area contributed by atoms with Gasteiger partial charge < -0.3 is 4.48 Å². The molecule has 0 spiro atoms. The topological polar surface area (TPSA) is 26.0 Å². The normalized spacial score (nSPS) is 23.4. The first kappa shape index (κ1) is 8.37. The summed E-state index contributed by atoms with van der Waals surface area (Å²) < 4.78 is 1.11. The van der Waals surface area contributed by atoms with Gasteiger partial charge in [0.05, 0.1) is 19.6 Å². The molecule has 0 atom stereocenters. The van der Waals surface area contributed by atoms with Crippen LogP contribution in [-0.2, 0) is 0 Å². The van der Waals surface area contributed by atoms with Gasteiger partial charge in [0.1, 0.15) is 6.67 Å². The van der Waals surface area contributed by atoms with Gasteiger partial charge in [0, 0.05) is 18.6 Å². The lowest BCUT2D eigenvalue weighted by Crippen LogP contribution is -2.50. The van der Waals surface area contributed by atoms with E-state index in [-0.39, 0.29) is 0 Å². The Morgan fingerprint density at radius 2 is 1.90 bits per heavy atom. The van der Waals surface area contributed by atoms with Gasteiger partial charge in [-0.05, 0) is 0 Å². The standard InChI is InChI=1S/C7H16N2S/c8-7-9(5-6-10)3-1-2-4-9/h1-8H2/p+1. The molecule has 1 aliphatic heterocycles. The Balaban J connectivity index is 2.41. The number of likely N-dealkylation sites (tertiary alicyclic amines) is 1. The van der Waals surface area contributed by atoms with Crippen LogP contribution in [-0.4, -0.2) is 36.5 Å². The van der Waals surface area contributed by atoms with Gasteiger partial charge >= 0.3 is 0 Å². The predicted octanol–water partition coefficient (Wildman–Crippen LogP) is 0.443. The molecule has 0 aromatic rings. The molecule has 0 unspecified atom stereocenters. The molecule has 1 saturated heterocycles. The van der Waals surface area contributed by atoms with Gasteiger partial charge in [0.25, 0.3) is 0 Å². The second-order valence-corrected chi connectivity index (χ2v) is 3.57. The summed E-state index contributed by atoms with van der Waals surface area (Å²) >= 11 is 4.23. The van der Waals surface area contributed by atoms with Crippen LogP contribution in [0.4, 0.5) is 0 Å². The Bertz CT molecular complexity index is 99.8. The molecule has 0 saturated carbocycles. The molecule has 0 radical (unpaired) electrons. The van der Waals surface area contributed by atoms with Crippen LogP contribution in [0.25, 0.3) is 0 Å². The predicted molar refractivity (Wildman–Crippen MR) is 47.0 cm³/mol. The van der Waals surface area contributed by atoms with Gasteiger partial charge in [0.2, 0.25) is 0 Å². The highest BCUT2D eigenvalue weighted by Crippen LogP contribution is 2.17. The number of rotatable bonds is 3. The van der Waals surface area contributed by atoms with E-state index < -0.39 is 0 Å². The van der Waals surface area contributed by atoms with E-state index in [1.807, 2.05) is 0 Å².